The van der Waals surface area contributed by atoms with Crippen LogP contribution in [0.5, 0.6) is 0 Å². The molecule has 1 fully saturated rings. The molecule has 10 heteroatoms. The standard InChI is InChI=1S/C15H15N7O3/c16-13-14(19-25-18-13)22-12(10-4-2-1-3-5-10)11(17-20-22)15(23)21-6-8-24-9-7-21/h1-5H,6-9H2,(H2,16,18). The van der Waals surface area contributed by atoms with Crippen molar-refractivity contribution in [3.63, 3.8) is 0 Å². The van der Waals surface area contributed by atoms with Gasteiger partial charge in [0, 0.05) is 18.7 Å². The van der Waals surface area contributed by atoms with E-state index >= 15 is 0 Å². The van der Waals surface area contributed by atoms with E-state index in [1.807, 2.05) is 30.3 Å². The number of nitrogens with two attached hydrogens (primary N) is 1. The fourth-order valence-corrected chi connectivity index (χ4v) is 2.68. The van der Waals surface area contributed by atoms with Crippen LogP contribution in [0.25, 0.3) is 17.1 Å². The molecular formula is C15H15N7O3. The van der Waals surface area contributed by atoms with Crippen LogP contribution in [0.1, 0.15) is 10.5 Å². The van der Waals surface area contributed by atoms with Gasteiger partial charge in [0.1, 0.15) is 5.69 Å². The summed E-state index contributed by atoms with van der Waals surface area (Å²) in [6.07, 6.45) is 0. The topological polar surface area (TPSA) is 125 Å². The maximum atomic E-state index is 12.9. The molecule has 1 amide bonds. The van der Waals surface area contributed by atoms with E-state index in [0.717, 1.165) is 5.56 Å². The van der Waals surface area contributed by atoms with Gasteiger partial charge in [-0.2, -0.15) is 4.68 Å². The predicted octanol–water partition coefficient (Wildman–Crippen LogP) is 0.372. The van der Waals surface area contributed by atoms with E-state index < -0.39 is 0 Å². The highest BCUT2D eigenvalue weighted by Gasteiger charge is 2.28. The van der Waals surface area contributed by atoms with Gasteiger partial charge in [0.2, 0.25) is 11.6 Å². The van der Waals surface area contributed by atoms with Gasteiger partial charge in [0.15, 0.2) is 5.69 Å². The molecule has 3 aromatic rings. The Labute approximate surface area is 142 Å². The van der Waals surface area contributed by atoms with E-state index in [1.165, 1.54) is 4.68 Å². The Morgan fingerprint density at radius 1 is 1.12 bits per heavy atom. The van der Waals surface area contributed by atoms with Gasteiger partial charge in [-0.3, -0.25) is 4.79 Å². The number of hydrogen-bond donors (Lipinski definition) is 1. The molecule has 0 radical (unpaired) electrons. The summed E-state index contributed by atoms with van der Waals surface area (Å²) in [6, 6.07) is 9.32. The number of nitrogens with zero attached hydrogens (tertiary/aromatic N) is 6. The molecule has 0 spiro atoms. The SMILES string of the molecule is Nc1nonc1-n1nnc(C(=O)N2CCOCC2)c1-c1ccccc1. The Kier molecular flexibility index (Phi) is 3.86. The van der Waals surface area contributed by atoms with Gasteiger partial charge in [-0.1, -0.05) is 35.5 Å². The number of morpholine rings is 1. The van der Waals surface area contributed by atoms with Crippen molar-refractivity contribution in [2.75, 3.05) is 32.0 Å². The van der Waals surface area contributed by atoms with Gasteiger partial charge in [0.05, 0.1) is 13.2 Å². The van der Waals surface area contributed by atoms with E-state index in [4.69, 9.17) is 10.5 Å². The molecule has 1 aliphatic heterocycles. The van der Waals surface area contributed by atoms with Crippen LogP contribution in [0.2, 0.25) is 0 Å². The first-order valence-corrected chi connectivity index (χ1v) is 7.72. The van der Waals surface area contributed by atoms with Crippen LogP contribution < -0.4 is 5.73 Å². The minimum atomic E-state index is -0.219. The summed E-state index contributed by atoms with van der Waals surface area (Å²) in [5.41, 5.74) is 7.24. The molecular weight excluding hydrogens is 326 g/mol. The first-order valence-electron chi connectivity index (χ1n) is 7.72. The number of nitrogen functional groups attached to an aromatic ring is 1. The highest BCUT2D eigenvalue weighted by atomic mass is 16.6. The van der Waals surface area contributed by atoms with Crippen molar-refractivity contribution in [2.45, 2.75) is 0 Å². The van der Waals surface area contributed by atoms with Crippen LogP contribution in [-0.4, -0.2) is 62.4 Å². The zero-order chi connectivity index (χ0) is 17.2. The Balaban J connectivity index is 1.83. The Morgan fingerprint density at radius 3 is 2.56 bits per heavy atom. The van der Waals surface area contributed by atoms with Gasteiger partial charge in [-0.05, 0) is 10.3 Å². The molecule has 4 rings (SSSR count). The zero-order valence-electron chi connectivity index (χ0n) is 13.2. The molecule has 0 bridgehead atoms. The molecule has 0 atom stereocenters. The Hall–Kier alpha value is -3.27. The molecule has 128 valence electrons. The molecule has 2 N–H and O–H groups in total. The maximum absolute atomic E-state index is 12.9. The van der Waals surface area contributed by atoms with Crippen molar-refractivity contribution in [3.05, 3.63) is 36.0 Å². The lowest BCUT2D eigenvalue weighted by molar-refractivity contribution is 0.0299. The zero-order valence-corrected chi connectivity index (χ0v) is 13.2. The summed E-state index contributed by atoms with van der Waals surface area (Å²) in [6.45, 7) is 2.02. The lowest BCUT2D eigenvalue weighted by Crippen LogP contribution is -2.41. The number of anilines is 1. The number of ether oxygens (including phenoxy) is 1. The van der Waals surface area contributed by atoms with E-state index in [1.54, 1.807) is 4.90 Å². The molecule has 10 nitrogen and oxygen atoms in total. The normalized spacial score (nSPS) is 14.6. The second-order valence-corrected chi connectivity index (χ2v) is 5.44. The Morgan fingerprint density at radius 2 is 1.88 bits per heavy atom. The average Bonchev–Trinajstić information content (AvgIpc) is 3.28. The van der Waals surface area contributed by atoms with Crippen LogP contribution in [-0.2, 0) is 4.74 Å². The molecule has 1 aromatic carbocycles. The third kappa shape index (κ3) is 2.72. The van der Waals surface area contributed by atoms with Crippen molar-refractivity contribution in [1.29, 1.82) is 0 Å². The average molecular weight is 341 g/mol. The van der Waals surface area contributed by atoms with E-state index in [9.17, 15) is 4.79 Å². The molecule has 1 saturated heterocycles. The quantitative estimate of drug-likeness (QED) is 0.724. The summed E-state index contributed by atoms with van der Waals surface area (Å²) < 4.78 is 11.3. The summed E-state index contributed by atoms with van der Waals surface area (Å²) in [5.74, 6) is 0.0308. The smallest absolute Gasteiger partial charge is 0.276 e. The highest BCUT2D eigenvalue weighted by molar-refractivity contribution is 5.98. The number of benzene rings is 1. The number of aromatic nitrogens is 5. The lowest BCUT2D eigenvalue weighted by atomic mass is 10.1. The second kappa shape index (κ2) is 6.32. The minimum absolute atomic E-state index is 0.0625. The predicted molar refractivity (Wildman–Crippen MR) is 85.8 cm³/mol. The lowest BCUT2D eigenvalue weighted by Gasteiger charge is -2.26. The highest BCUT2D eigenvalue weighted by Crippen LogP contribution is 2.27. The van der Waals surface area contributed by atoms with Gasteiger partial charge in [-0.25, -0.2) is 4.63 Å². The summed E-state index contributed by atoms with van der Waals surface area (Å²) in [7, 11) is 0. The summed E-state index contributed by atoms with van der Waals surface area (Å²) >= 11 is 0. The van der Waals surface area contributed by atoms with E-state index in [2.05, 4.69) is 25.3 Å². The maximum Gasteiger partial charge on any atom is 0.276 e. The monoisotopic (exact) mass is 341 g/mol. The number of amides is 1. The van der Waals surface area contributed by atoms with Gasteiger partial charge in [-0.15, -0.1) is 5.10 Å². The molecule has 0 aliphatic carbocycles. The fourth-order valence-electron chi connectivity index (χ4n) is 2.68. The molecule has 25 heavy (non-hydrogen) atoms. The molecule has 0 unspecified atom stereocenters. The van der Waals surface area contributed by atoms with Crippen molar-refractivity contribution in [1.82, 2.24) is 30.2 Å². The third-order valence-corrected chi connectivity index (χ3v) is 3.91. The van der Waals surface area contributed by atoms with Crippen LogP contribution in [0.15, 0.2) is 35.0 Å². The van der Waals surface area contributed by atoms with Gasteiger partial charge in [0.25, 0.3) is 5.91 Å². The largest absolute Gasteiger partial charge is 0.378 e. The van der Waals surface area contributed by atoms with Crippen molar-refractivity contribution >= 4 is 11.7 Å². The second-order valence-electron chi connectivity index (χ2n) is 5.44. The molecule has 1 aliphatic rings. The van der Waals surface area contributed by atoms with E-state index in [-0.39, 0.29) is 23.2 Å². The van der Waals surface area contributed by atoms with Crippen LogP contribution in [0, 0.1) is 0 Å². The number of carbonyl (C=O) groups excluding carboxylic acids is 1. The van der Waals surface area contributed by atoms with Gasteiger partial charge < -0.3 is 15.4 Å². The first-order chi connectivity index (χ1) is 12.3. The summed E-state index contributed by atoms with van der Waals surface area (Å²) in [5, 5.41) is 15.5. The molecule has 3 heterocycles. The number of rotatable bonds is 3. The van der Waals surface area contributed by atoms with Crippen LogP contribution >= 0.6 is 0 Å². The third-order valence-electron chi connectivity index (χ3n) is 3.91. The summed E-state index contributed by atoms with van der Waals surface area (Å²) in [4.78, 5) is 14.6. The van der Waals surface area contributed by atoms with Crippen molar-refractivity contribution in [3.8, 4) is 17.1 Å². The van der Waals surface area contributed by atoms with Crippen molar-refractivity contribution < 1.29 is 14.2 Å². The molecule has 0 saturated carbocycles. The minimum Gasteiger partial charge on any atom is -0.378 e. The first kappa shape index (κ1) is 15.3. The number of hydrogen-bond acceptors (Lipinski definition) is 8. The Bertz CT molecular complexity index is 884. The molecule has 2 aromatic heterocycles. The fraction of sp³-hybridized carbons (Fsp3) is 0.267. The van der Waals surface area contributed by atoms with Crippen LogP contribution in [0.4, 0.5) is 5.82 Å². The van der Waals surface area contributed by atoms with Crippen molar-refractivity contribution in [2.24, 2.45) is 0 Å². The van der Waals surface area contributed by atoms with Crippen LogP contribution in [0.3, 0.4) is 0 Å². The van der Waals surface area contributed by atoms with Gasteiger partial charge >= 0.3 is 0 Å². The van der Waals surface area contributed by atoms with E-state index in [0.29, 0.717) is 32.0 Å². The number of carbonyl (C=O) groups is 1.